The number of hydrogen-bond donors (Lipinski definition) is 0. The highest BCUT2D eigenvalue weighted by Crippen LogP contribution is 2.39. The minimum absolute atomic E-state index is 0.0838. The second-order valence-corrected chi connectivity index (χ2v) is 7.70. The summed E-state index contributed by atoms with van der Waals surface area (Å²) in [5.74, 6) is 1.76. The molecule has 0 spiro atoms. The Morgan fingerprint density at radius 2 is 1.86 bits per heavy atom. The van der Waals surface area contributed by atoms with Gasteiger partial charge < -0.3 is 9.64 Å². The Hall–Kier alpha value is -2.96. The largest absolute Gasteiger partial charge is 0.476 e. The third-order valence-electron chi connectivity index (χ3n) is 5.61. The van der Waals surface area contributed by atoms with Crippen molar-refractivity contribution in [1.29, 1.82) is 0 Å². The summed E-state index contributed by atoms with van der Waals surface area (Å²) >= 11 is 0. The molecule has 3 aromatic rings. The first-order valence-corrected chi connectivity index (χ1v) is 9.95. The summed E-state index contributed by atoms with van der Waals surface area (Å²) in [7, 11) is 0. The van der Waals surface area contributed by atoms with Crippen LogP contribution in [-0.2, 0) is 0 Å². The molecule has 1 saturated heterocycles. The van der Waals surface area contributed by atoms with E-state index >= 15 is 0 Å². The van der Waals surface area contributed by atoms with Crippen molar-refractivity contribution in [2.24, 2.45) is 5.92 Å². The smallest absolute Gasteiger partial charge is 0.253 e. The SMILES string of the molecule is O=C(c1ccncc1)N1CCC(COc2ccc3nc(C4CC4)cn3n2)CC1. The number of imidazole rings is 1. The number of hydrogen-bond acceptors (Lipinski definition) is 5. The highest BCUT2D eigenvalue weighted by atomic mass is 16.5. The molecule has 0 atom stereocenters. The Morgan fingerprint density at radius 1 is 1.07 bits per heavy atom. The highest BCUT2D eigenvalue weighted by molar-refractivity contribution is 5.94. The van der Waals surface area contributed by atoms with Gasteiger partial charge in [-0.3, -0.25) is 9.78 Å². The monoisotopic (exact) mass is 377 g/mol. The maximum atomic E-state index is 12.5. The standard InChI is InChI=1S/C21H23N5O2/c27-21(17-5-9-22-10-6-17)25-11-7-15(8-12-25)14-28-20-4-3-19-23-18(16-1-2-16)13-26(19)24-20/h3-6,9-10,13,15-16H,1-2,7-8,11-12,14H2. The van der Waals surface area contributed by atoms with Gasteiger partial charge in [-0.1, -0.05) is 0 Å². The van der Waals surface area contributed by atoms with Crippen LogP contribution in [0, 0.1) is 5.92 Å². The summed E-state index contributed by atoms with van der Waals surface area (Å²) in [6.45, 7) is 2.14. The molecule has 1 saturated carbocycles. The third kappa shape index (κ3) is 3.56. The van der Waals surface area contributed by atoms with Gasteiger partial charge in [0.2, 0.25) is 5.88 Å². The van der Waals surface area contributed by atoms with E-state index in [1.54, 1.807) is 24.5 Å². The van der Waals surface area contributed by atoms with E-state index in [1.807, 2.05) is 27.7 Å². The zero-order valence-corrected chi connectivity index (χ0v) is 15.7. The predicted octanol–water partition coefficient (Wildman–Crippen LogP) is 2.93. The zero-order chi connectivity index (χ0) is 18.9. The number of rotatable bonds is 5. The van der Waals surface area contributed by atoms with Crippen LogP contribution >= 0.6 is 0 Å². The molecule has 0 N–H and O–H groups in total. The van der Waals surface area contributed by atoms with Crippen molar-refractivity contribution in [2.75, 3.05) is 19.7 Å². The molecule has 2 fully saturated rings. The second-order valence-electron chi connectivity index (χ2n) is 7.70. The van der Waals surface area contributed by atoms with Gasteiger partial charge in [0.25, 0.3) is 5.91 Å². The van der Waals surface area contributed by atoms with Crippen LogP contribution in [0.15, 0.2) is 42.9 Å². The molecule has 144 valence electrons. The maximum Gasteiger partial charge on any atom is 0.253 e. The minimum atomic E-state index is 0.0838. The molecule has 28 heavy (non-hydrogen) atoms. The first kappa shape index (κ1) is 17.2. The van der Waals surface area contributed by atoms with Crippen molar-refractivity contribution in [3.05, 3.63) is 54.1 Å². The third-order valence-corrected chi connectivity index (χ3v) is 5.61. The molecular weight excluding hydrogens is 354 g/mol. The van der Waals surface area contributed by atoms with Crippen LogP contribution in [0.25, 0.3) is 5.65 Å². The van der Waals surface area contributed by atoms with Crippen LogP contribution < -0.4 is 4.74 Å². The lowest BCUT2D eigenvalue weighted by atomic mass is 9.97. The van der Waals surface area contributed by atoms with Crippen molar-refractivity contribution in [3.63, 3.8) is 0 Å². The number of fused-ring (bicyclic) bond motifs is 1. The summed E-state index contributed by atoms with van der Waals surface area (Å²) in [6, 6.07) is 7.39. The van der Waals surface area contributed by atoms with Gasteiger partial charge in [-0.15, -0.1) is 5.10 Å². The number of pyridine rings is 1. The molecule has 0 aromatic carbocycles. The lowest BCUT2D eigenvalue weighted by Gasteiger charge is -2.31. The topological polar surface area (TPSA) is 72.6 Å². The number of ether oxygens (including phenoxy) is 1. The Labute approximate surface area is 163 Å². The van der Waals surface area contributed by atoms with Gasteiger partial charge in [0.1, 0.15) is 0 Å². The predicted molar refractivity (Wildman–Crippen MR) is 103 cm³/mol. The fourth-order valence-corrected chi connectivity index (χ4v) is 3.72. The van der Waals surface area contributed by atoms with E-state index in [0.29, 0.717) is 29.9 Å². The molecular formula is C21H23N5O2. The van der Waals surface area contributed by atoms with Gasteiger partial charge in [0.05, 0.1) is 18.5 Å². The molecule has 3 aromatic heterocycles. The molecule has 1 aliphatic heterocycles. The van der Waals surface area contributed by atoms with Gasteiger partial charge in [-0.2, -0.15) is 0 Å². The fraction of sp³-hybridized carbons (Fsp3) is 0.429. The minimum Gasteiger partial charge on any atom is -0.476 e. The van der Waals surface area contributed by atoms with E-state index < -0.39 is 0 Å². The maximum absolute atomic E-state index is 12.5. The molecule has 0 radical (unpaired) electrons. The first-order valence-electron chi connectivity index (χ1n) is 9.95. The average Bonchev–Trinajstić information content (AvgIpc) is 3.52. The Balaban J connectivity index is 1.15. The van der Waals surface area contributed by atoms with Crippen molar-refractivity contribution in [1.82, 2.24) is 24.5 Å². The first-order chi connectivity index (χ1) is 13.8. The number of carbonyl (C=O) groups is 1. The van der Waals surface area contributed by atoms with E-state index in [1.165, 1.54) is 12.8 Å². The summed E-state index contributed by atoms with van der Waals surface area (Å²) in [5.41, 5.74) is 2.71. The molecule has 2 aliphatic rings. The number of aromatic nitrogens is 4. The molecule has 7 nitrogen and oxygen atoms in total. The van der Waals surface area contributed by atoms with Crippen molar-refractivity contribution in [2.45, 2.75) is 31.6 Å². The quantitative estimate of drug-likeness (QED) is 0.684. The van der Waals surface area contributed by atoms with Gasteiger partial charge in [-0.25, -0.2) is 9.50 Å². The van der Waals surface area contributed by atoms with E-state index in [0.717, 1.165) is 37.3 Å². The molecule has 4 heterocycles. The van der Waals surface area contributed by atoms with E-state index in [-0.39, 0.29) is 5.91 Å². The number of nitrogens with zero attached hydrogens (tertiary/aromatic N) is 5. The summed E-state index contributed by atoms with van der Waals surface area (Å²) in [5, 5.41) is 4.53. The molecule has 0 unspecified atom stereocenters. The van der Waals surface area contributed by atoms with Crippen LogP contribution in [0.2, 0.25) is 0 Å². The second kappa shape index (κ2) is 7.22. The number of likely N-dealkylation sites (tertiary alicyclic amines) is 1. The summed E-state index contributed by atoms with van der Waals surface area (Å²) in [4.78, 5) is 23.0. The molecule has 1 amide bonds. The summed E-state index contributed by atoms with van der Waals surface area (Å²) in [6.07, 6.45) is 9.68. The normalized spacial score (nSPS) is 17.8. The number of carbonyl (C=O) groups excluding carboxylic acids is 1. The molecule has 7 heteroatoms. The Morgan fingerprint density at radius 3 is 2.61 bits per heavy atom. The lowest BCUT2D eigenvalue weighted by molar-refractivity contribution is 0.0659. The van der Waals surface area contributed by atoms with E-state index in [2.05, 4.69) is 15.1 Å². The van der Waals surface area contributed by atoms with Crippen molar-refractivity contribution in [3.8, 4) is 5.88 Å². The van der Waals surface area contributed by atoms with Gasteiger partial charge in [-0.05, 0) is 49.8 Å². The average molecular weight is 377 g/mol. The number of piperidine rings is 1. The van der Waals surface area contributed by atoms with Gasteiger partial charge in [0, 0.05) is 43.0 Å². The van der Waals surface area contributed by atoms with Crippen molar-refractivity contribution >= 4 is 11.6 Å². The molecule has 1 aliphatic carbocycles. The van der Waals surface area contributed by atoms with Crippen LogP contribution in [0.5, 0.6) is 5.88 Å². The van der Waals surface area contributed by atoms with E-state index in [4.69, 9.17) is 4.74 Å². The van der Waals surface area contributed by atoms with Crippen LogP contribution in [-0.4, -0.2) is 50.1 Å². The van der Waals surface area contributed by atoms with Gasteiger partial charge in [0.15, 0.2) is 5.65 Å². The highest BCUT2D eigenvalue weighted by Gasteiger charge is 2.27. The number of amides is 1. The van der Waals surface area contributed by atoms with Crippen LogP contribution in [0.1, 0.15) is 47.7 Å². The summed E-state index contributed by atoms with van der Waals surface area (Å²) < 4.78 is 7.77. The van der Waals surface area contributed by atoms with Crippen LogP contribution in [0.3, 0.4) is 0 Å². The Kier molecular flexibility index (Phi) is 4.43. The van der Waals surface area contributed by atoms with E-state index in [9.17, 15) is 4.79 Å². The zero-order valence-electron chi connectivity index (χ0n) is 15.7. The fourth-order valence-electron chi connectivity index (χ4n) is 3.72. The molecule has 0 bridgehead atoms. The molecule has 5 rings (SSSR count). The lowest BCUT2D eigenvalue weighted by Crippen LogP contribution is -2.39. The van der Waals surface area contributed by atoms with Gasteiger partial charge >= 0.3 is 0 Å². The Bertz CT molecular complexity index is 975. The van der Waals surface area contributed by atoms with Crippen LogP contribution in [0.4, 0.5) is 0 Å². The van der Waals surface area contributed by atoms with Crippen molar-refractivity contribution < 1.29 is 9.53 Å².